The summed E-state index contributed by atoms with van der Waals surface area (Å²) in [6, 6.07) is 0. The van der Waals surface area contributed by atoms with Crippen molar-refractivity contribution < 1.29 is 19.1 Å². The first-order valence-electron chi connectivity index (χ1n) is 7.27. The van der Waals surface area contributed by atoms with Gasteiger partial charge in [-0.15, -0.1) is 0 Å². The minimum atomic E-state index is -0.552. The molecule has 6 heteroatoms. The van der Waals surface area contributed by atoms with Gasteiger partial charge in [0.25, 0.3) is 0 Å². The first-order valence-corrected chi connectivity index (χ1v) is 7.27. The van der Waals surface area contributed by atoms with Gasteiger partial charge in [-0.2, -0.15) is 0 Å². The minimum absolute atomic E-state index is 0.0463. The minimum Gasteiger partial charge on any atom is -0.460 e. The number of carbonyl (C=O) groups is 3. The third-order valence-corrected chi connectivity index (χ3v) is 3.39. The maximum atomic E-state index is 11.8. The van der Waals surface area contributed by atoms with Crippen LogP contribution in [0, 0.1) is 17.2 Å². The van der Waals surface area contributed by atoms with Crippen LogP contribution >= 0.6 is 0 Å². The molecule has 1 heterocycles. The molecule has 1 saturated heterocycles. The number of amides is 1. The summed E-state index contributed by atoms with van der Waals surface area (Å²) in [5.41, 5.74) is -0.552. The Morgan fingerprint density at radius 1 is 1.48 bits per heavy atom. The van der Waals surface area contributed by atoms with E-state index >= 15 is 0 Å². The zero-order valence-electron chi connectivity index (χ0n) is 12.9. The number of Topliss-reactive ketones (excluding diaryl/α,β-unsaturated/α-hetero) is 1. The molecule has 2 N–H and O–H groups in total. The van der Waals surface area contributed by atoms with E-state index in [4.69, 9.17) is 10.1 Å². The van der Waals surface area contributed by atoms with Crippen molar-refractivity contribution in [1.82, 2.24) is 5.32 Å². The average Bonchev–Trinajstić information content (AvgIpc) is 2.77. The second kappa shape index (κ2) is 7.33. The molecule has 2 atom stereocenters. The van der Waals surface area contributed by atoms with Crippen LogP contribution in [0.1, 0.15) is 46.5 Å². The van der Waals surface area contributed by atoms with Crippen LogP contribution in [-0.2, 0) is 19.1 Å². The Balaban J connectivity index is 2.54. The molecule has 21 heavy (non-hydrogen) atoms. The van der Waals surface area contributed by atoms with Gasteiger partial charge < -0.3 is 15.5 Å². The van der Waals surface area contributed by atoms with Crippen LogP contribution in [0.4, 0.5) is 0 Å². The van der Waals surface area contributed by atoms with Crippen LogP contribution in [0.2, 0.25) is 0 Å². The van der Waals surface area contributed by atoms with Crippen molar-refractivity contribution in [3.63, 3.8) is 0 Å². The van der Waals surface area contributed by atoms with Crippen molar-refractivity contribution in [2.24, 2.45) is 11.8 Å². The van der Waals surface area contributed by atoms with Gasteiger partial charge in [-0.3, -0.25) is 14.4 Å². The quantitative estimate of drug-likeness (QED) is 0.549. The summed E-state index contributed by atoms with van der Waals surface area (Å²) in [6.45, 7) is 5.98. The lowest BCUT2D eigenvalue weighted by Crippen LogP contribution is -2.27. The normalized spacial score (nSPS) is 19.8. The number of carbonyl (C=O) groups excluding carboxylic acids is 3. The number of hydrogen-bond acceptors (Lipinski definition) is 5. The molecular weight excluding hydrogens is 272 g/mol. The zero-order valence-corrected chi connectivity index (χ0v) is 12.9. The van der Waals surface area contributed by atoms with E-state index in [0.29, 0.717) is 25.8 Å². The first kappa shape index (κ1) is 17.3. The molecule has 0 aliphatic carbocycles. The third kappa shape index (κ3) is 6.06. The summed E-state index contributed by atoms with van der Waals surface area (Å²) >= 11 is 0. The van der Waals surface area contributed by atoms with Gasteiger partial charge >= 0.3 is 5.97 Å². The van der Waals surface area contributed by atoms with Gasteiger partial charge in [0.15, 0.2) is 5.78 Å². The highest BCUT2D eigenvalue weighted by molar-refractivity contribution is 6.27. The van der Waals surface area contributed by atoms with Crippen LogP contribution in [0.3, 0.4) is 0 Å². The van der Waals surface area contributed by atoms with Crippen molar-refractivity contribution in [3.05, 3.63) is 0 Å². The van der Waals surface area contributed by atoms with E-state index in [0.717, 1.165) is 6.21 Å². The highest BCUT2D eigenvalue weighted by Gasteiger charge is 2.30. The summed E-state index contributed by atoms with van der Waals surface area (Å²) in [7, 11) is 0. The Morgan fingerprint density at radius 3 is 2.62 bits per heavy atom. The molecule has 0 radical (unpaired) electrons. The number of hydrogen-bond donors (Lipinski definition) is 2. The van der Waals surface area contributed by atoms with Gasteiger partial charge in [0.05, 0.1) is 6.21 Å². The topological polar surface area (TPSA) is 96.3 Å². The number of nitrogens with one attached hydrogen (secondary N) is 2. The number of esters is 1. The lowest BCUT2D eigenvalue weighted by atomic mass is 9.87. The Morgan fingerprint density at radius 2 is 2.14 bits per heavy atom. The van der Waals surface area contributed by atoms with Gasteiger partial charge in [0.1, 0.15) is 5.60 Å². The van der Waals surface area contributed by atoms with Gasteiger partial charge in [-0.1, -0.05) is 0 Å². The Bertz CT molecular complexity index is 426. The number of rotatable bonds is 7. The molecule has 1 aliphatic rings. The van der Waals surface area contributed by atoms with Gasteiger partial charge in [0, 0.05) is 24.8 Å². The van der Waals surface area contributed by atoms with Crippen LogP contribution in [0.5, 0.6) is 0 Å². The summed E-state index contributed by atoms with van der Waals surface area (Å²) in [5.74, 6) is -1.41. The lowest BCUT2D eigenvalue weighted by Gasteiger charge is -2.21. The zero-order chi connectivity index (χ0) is 16.0. The molecule has 0 aromatic carbocycles. The summed E-state index contributed by atoms with van der Waals surface area (Å²) in [6.07, 6.45) is 2.30. The van der Waals surface area contributed by atoms with Crippen LogP contribution in [0.15, 0.2) is 0 Å². The SMILES string of the molecule is CC(C)(C)OC(=O)CC[C@@H](C[C@@H]1CCNC1=O)C(=O)C=N. The van der Waals surface area contributed by atoms with E-state index in [1.54, 1.807) is 20.8 Å². The molecular formula is C15H24N2O4. The highest BCUT2D eigenvalue weighted by Crippen LogP contribution is 2.24. The van der Waals surface area contributed by atoms with Crippen molar-refractivity contribution in [3.8, 4) is 0 Å². The molecule has 0 spiro atoms. The molecule has 0 aromatic heterocycles. The van der Waals surface area contributed by atoms with Crippen LogP contribution < -0.4 is 5.32 Å². The standard InChI is InChI=1S/C15H24N2O4/c1-15(2,3)21-13(19)5-4-10(12(18)9-16)8-11-6-7-17-14(11)20/h9-11,16H,4-8H2,1-3H3,(H,17,20)/t10-,11-/m0/s1. The van der Waals surface area contributed by atoms with Gasteiger partial charge in [0.2, 0.25) is 5.91 Å². The highest BCUT2D eigenvalue weighted by atomic mass is 16.6. The maximum Gasteiger partial charge on any atom is 0.306 e. The largest absolute Gasteiger partial charge is 0.460 e. The molecule has 1 aliphatic heterocycles. The fraction of sp³-hybridized carbons (Fsp3) is 0.733. The number of ether oxygens (including phenoxy) is 1. The molecule has 118 valence electrons. The molecule has 1 rings (SSSR count). The Hall–Kier alpha value is -1.72. The summed E-state index contributed by atoms with van der Waals surface area (Å²) in [4.78, 5) is 35.1. The lowest BCUT2D eigenvalue weighted by molar-refractivity contribution is -0.155. The summed E-state index contributed by atoms with van der Waals surface area (Å²) < 4.78 is 5.21. The maximum absolute atomic E-state index is 11.8. The first-order chi connectivity index (χ1) is 9.73. The van der Waals surface area contributed by atoms with E-state index in [1.165, 1.54) is 0 Å². The van der Waals surface area contributed by atoms with E-state index in [1.807, 2.05) is 0 Å². The molecule has 1 amide bonds. The second-order valence-electron chi connectivity index (χ2n) is 6.38. The van der Waals surface area contributed by atoms with Crippen LogP contribution in [0.25, 0.3) is 0 Å². The second-order valence-corrected chi connectivity index (χ2v) is 6.38. The number of ketones is 1. The predicted octanol–water partition coefficient (Wildman–Crippen LogP) is 1.47. The van der Waals surface area contributed by atoms with Crippen molar-refractivity contribution in [1.29, 1.82) is 5.41 Å². The van der Waals surface area contributed by atoms with E-state index in [-0.39, 0.29) is 30.0 Å². The molecule has 0 unspecified atom stereocenters. The van der Waals surface area contributed by atoms with E-state index in [2.05, 4.69) is 5.32 Å². The van der Waals surface area contributed by atoms with Crippen LogP contribution in [-0.4, -0.2) is 36.0 Å². The van der Waals surface area contributed by atoms with Gasteiger partial charge in [-0.25, -0.2) is 0 Å². The molecule has 1 fully saturated rings. The van der Waals surface area contributed by atoms with Crippen molar-refractivity contribution in [2.75, 3.05) is 6.54 Å². The summed E-state index contributed by atoms with van der Waals surface area (Å²) in [5, 5.41) is 9.83. The molecule has 0 bridgehead atoms. The smallest absolute Gasteiger partial charge is 0.306 e. The molecule has 6 nitrogen and oxygen atoms in total. The van der Waals surface area contributed by atoms with E-state index < -0.39 is 11.5 Å². The molecule has 0 aromatic rings. The Kier molecular flexibility index (Phi) is 6.05. The predicted molar refractivity (Wildman–Crippen MR) is 78.1 cm³/mol. The van der Waals surface area contributed by atoms with E-state index in [9.17, 15) is 14.4 Å². The fourth-order valence-corrected chi connectivity index (χ4v) is 2.39. The van der Waals surface area contributed by atoms with Crippen molar-refractivity contribution >= 4 is 23.9 Å². The van der Waals surface area contributed by atoms with Gasteiger partial charge in [-0.05, 0) is 40.0 Å². The monoisotopic (exact) mass is 296 g/mol. The van der Waals surface area contributed by atoms with Crippen molar-refractivity contribution in [2.45, 2.75) is 52.1 Å². The fourth-order valence-electron chi connectivity index (χ4n) is 2.39. The Labute approximate surface area is 125 Å². The third-order valence-electron chi connectivity index (χ3n) is 3.39. The average molecular weight is 296 g/mol. The molecule has 0 saturated carbocycles.